The molecule has 34 heavy (non-hydrogen) atoms. The summed E-state index contributed by atoms with van der Waals surface area (Å²) >= 11 is 1.51. The van der Waals surface area contributed by atoms with Crippen molar-refractivity contribution in [3.8, 4) is 0 Å². The summed E-state index contributed by atoms with van der Waals surface area (Å²) in [6.45, 7) is 8.23. The lowest BCUT2D eigenvalue weighted by atomic mass is 9.95. The number of rotatable bonds is 20. The highest BCUT2D eigenvalue weighted by molar-refractivity contribution is 7.89. The molecule has 0 amide bonds. The number of unbranched alkanes of at least 4 members (excludes halogenated alkanes) is 8. The summed E-state index contributed by atoms with van der Waals surface area (Å²) in [6.07, 6.45) is 16.4. The van der Waals surface area contributed by atoms with Crippen LogP contribution >= 0.6 is 11.3 Å². The van der Waals surface area contributed by atoms with Gasteiger partial charge in [0.05, 0.1) is 20.1 Å². The molecule has 7 heteroatoms. The van der Waals surface area contributed by atoms with Gasteiger partial charge in [-0.05, 0) is 50.3 Å². The Hall–Kier alpha value is -1.02. The maximum Gasteiger partial charge on any atom is 0.240 e. The standard InChI is InChI=1S/C27H46N2O3S2/c1-4-6-8-10-11-13-16-24(15-12-9-7-5-2)22-32-20-14-19-28-34(30,31)25-17-18-26-27(21-25)33-23(3)29-26/h17-18,21,24,28H,4-16,19-20,22H2,1-3H3. The average molecular weight is 511 g/mol. The van der Waals surface area contributed by atoms with Crippen LogP contribution in [0.4, 0.5) is 0 Å². The van der Waals surface area contributed by atoms with E-state index >= 15 is 0 Å². The predicted molar refractivity (Wildman–Crippen MR) is 145 cm³/mol. The third-order valence-corrected chi connectivity index (χ3v) is 8.71. The van der Waals surface area contributed by atoms with Crippen molar-refractivity contribution < 1.29 is 13.2 Å². The number of aryl methyl sites for hydroxylation is 1. The van der Waals surface area contributed by atoms with Gasteiger partial charge in [-0.15, -0.1) is 11.3 Å². The summed E-state index contributed by atoms with van der Waals surface area (Å²) in [4.78, 5) is 4.70. The van der Waals surface area contributed by atoms with Gasteiger partial charge in [0.25, 0.3) is 0 Å². The zero-order chi connectivity index (χ0) is 24.7. The van der Waals surface area contributed by atoms with Gasteiger partial charge in [0, 0.05) is 19.8 Å². The Balaban J connectivity index is 1.68. The number of thiazole rings is 1. The molecule has 0 aliphatic rings. The Labute approximate surface area is 212 Å². The summed E-state index contributed by atoms with van der Waals surface area (Å²) in [5, 5.41) is 0.940. The van der Waals surface area contributed by atoms with Gasteiger partial charge in [-0.1, -0.05) is 78.1 Å². The number of ether oxygens (including phenoxy) is 1. The number of sulfonamides is 1. The van der Waals surface area contributed by atoms with E-state index in [1.54, 1.807) is 18.2 Å². The summed E-state index contributed by atoms with van der Waals surface area (Å²) in [5.74, 6) is 0.634. The SMILES string of the molecule is CCCCCCCCC(CCCCCC)COCCCNS(=O)(=O)c1ccc2nc(C)sc2c1. The highest BCUT2D eigenvalue weighted by Gasteiger charge is 2.15. The lowest BCUT2D eigenvalue weighted by Crippen LogP contribution is -2.25. The molecule has 5 nitrogen and oxygen atoms in total. The molecule has 1 N–H and O–H groups in total. The third kappa shape index (κ3) is 11.1. The number of nitrogens with zero attached hydrogens (tertiary/aromatic N) is 1. The Bertz CT molecular complexity index is 912. The van der Waals surface area contributed by atoms with Gasteiger partial charge in [-0.25, -0.2) is 18.1 Å². The number of fused-ring (bicyclic) bond motifs is 1. The number of nitrogens with one attached hydrogen (secondary N) is 1. The van der Waals surface area contributed by atoms with Crippen LogP contribution in [0.2, 0.25) is 0 Å². The highest BCUT2D eigenvalue weighted by atomic mass is 32.2. The van der Waals surface area contributed by atoms with Gasteiger partial charge in [-0.3, -0.25) is 0 Å². The molecule has 1 heterocycles. The zero-order valence-electron chi connectivity index (χ0n) is 21.6. The van der Waals surface area contributed by atoms with Crippen LogP contribution in [0.15, 0.2) is 23.1 Å². The summed E-state index contributed by atoms with van der Waals surface area (Å²) in [7, 11) is -3.51. The van der Waals surface area contributed by atoms with Gasteiger partial charge >= 0.3 is 0 Å². The molecular weight excluding hydrogens is 464 g/mol. The molecule has 0 radical (unpaired) electrons. The fourth-order valence-electron chi connectivity index (χ4n) is 4.29. The van der Waals surface area contributed by atoms with Crippen LogP contribution in [0, 0.1) is 12.8 Å². The molecule has 0 fully saturated rings. The first kappa shape index (κ1) is 29.2. The fraction of sp³-hybridized carbons (Fsp3) is 0.741. The van der Waals surface area contributed by atoms with Crippen molar-refractivity contribution in [2.75, 3.05) is 19.8 Å². The monoisotopic (exact) mass is 510 g/mol. The molecule has 0 saturated carbocycles. The van der Waals surface area contributed by atoms with Crippen LogP contribution in [0.1, 0.15) is 102 Å². The summed E-state index contributed by atoms with van der Waals surface area (Å²) in [5.41, 5.74) is 0.847. The second-order valence-corrected chi connectivity index (χ2v) is 12.5. The number of hydrogen-bond acceptors (Lipinski definition) is 5. The molecule has 0 aliphatic heterocycles. The smallest absolute Gasteiger partial charge is 0.240 e. The van der Waals surface area contributed by atoms with Gasteiger partial charge in [0.15, 0.2) is 0 Å². The van der Waals surface area contributed by atoms with Crippen LogP contribution in [0.3, 0.4) is 0 Å². The second kappa shape index (κ2) is 16.6. The van der Waals surface area contributed by atoms with E-state index in [4.69, 9.17) is 4.74 Å². The maximum absolute atomic E-state index is 12.6. The maximum atomic E-state index is 12.6. The Kier molecular flexibility index (Phi) is 14.3. The van der Waals surface area contributed by atoms with Crippen LogP contribution in [-0.4, -0.2) is 33.2 Å². The second-order valence-electron chi connectivity index (χ2n) is 9.46. The molecule has 0 aliphatic carbocycles. The van der Waals surface area contributed by atoms with E-state index in [-0.39, 0.29) is 0 Å². The average Bonchev–Trinajstić information content (AvgIpc) is 3.19. The fourth-order valence-corrected chi connectivity index (χ4v) is 6.33. The molecule has 0 spiro atoms. The minimum Gasteiger partial charge on any atom is -0.381 e. The summed E-state index contributed by atoms with van der Waals surface area (Å²) < 4.78 is 34.9. The Morgan fingerprint density at radius 3 is 2.29 bits per heavy atom. The number of hydrogen-bond donors (Lipinski definition) is 1. The third-order valence-electron chi connectivity index (χ3n) is 6.32. The summed E-state index contributed by atoms with van der Waals surface area (Å²) in [6, 6.07) is 5.12. The lowest BCUT2D eigenvalue weighted by molar-refractivity contribution is 0.0898. The minimum atomic E-state index is -3.51. The van der Waals surface area contributed by atoms with E-state index in [2.05, 4.69) is 23.6 Å². The van der Waals surface area contributed by atoms with E-state index in [1.807, 2.05) is 6.92 Å². The number of aromatic nitrogens is 1. The van der Waals surface area contributed by atoms with Crippen molar-refractivity contribution in [2.45, 2.75) is 109 Å². The van der Waals surface area contributed by atoms with Crippen molar-refractivity contribution in [1.82, 2.24) is 9.71 Å². The Morgan fingerprint density at radius 1 is 0.941 bits per heavy atom. The molecule has 0 bridgehead atoms. The molecule has 1 unspecified atom stereocenters. The quantitative estimate of drug-likeness (QED) is 0.186. The van der Waals surface area contributed by atoms with E-state index in [9.17, 15) is 8.42 Å². The first-order valence-corrected chi connectivity index (χ1v) is 15.7. The van der Waals surface area contributed by atoms with E-state index in [1.165, 1.54) is 88.4 Å². The topological polar surface area (TPSA) is 68.3 Å². The molecule has 2 rings (SSSR count). The first-order chi connectivity index (χ1) is 16.5. The molecular formula is C27H46N2O3S2. The lowest BCUT2D eigenvalue weighted by Gasteiger charge is -2.17. The van der Waals surface area contributed by atoms with E-state index in [0.29, 0.717) is 30.4 Å². The minimum absolute atomic E-state index is 0.302. The Morgan fingerprint density at radius 2 is 1.59 bits per heavy atom. The van der Waals surface area contributed by atoms with Gasteiger partial charge < -0.3 is 4.74 Å². The molecule has 1 aromatic carbocycles. The molecule has 0 saturated heterocycles. The van der Waals surface area contributed by atoms with Crippen molar-refractivity contribution in [2.24, 2.45) is 5.92 Å². The van der Waals surface area contributed by atoms with Crippen LogP contribution < -0.4 is 4.72 Å². The normalized spacial score (nSPS) is 13.0. The molecule has 1 aromatic heterocycles. The van der Waals surface area contributed by atoms with Crippen LogP contribution in [0.25, 0.3) is 10.2 Å². The largest absolute Gasteiger partial charge is 0.381 e. The van der Waals surface area contributed by atoms with Crippen molar-refractivity contribution in [3.05, 3.63) is 23.2 Å². The van der Waals surface area contributed by atoms with Gasteiger partial charge in [-0.2, -0.15) is 0 Å². The van der Waals surface area contributed by atoms with Crippen molar-refractivity contribution >= 4 is 31.6 Å². The van der Waals surface area contributed by atoms with Crippen LogP contribution in [0.5, 0.6) is 0 Å². The molecule has 194 valence electrons. The first-order valence-electron chi connectivity index (χ1n) is 13.4. The van der Waals surface area contributed by atoms with Crippen molar-refractivity contribution in [1.29, 1.82) is 0 Å². The molecule has 2 aromatic rings. The van der Waals surface area contributed by atoms with E-state index < -0.39 is 10.0 Å². The van der Waals surface area contributed by atoms with E-state index in [0.717, 1.165) is 21.8 Å². The predicted octanol–water partition coefficient (Wildman–Crippen LogP) is 7.63. The van der Waals surface area contributed by atoms with Crippen LogP contribution in [-0.2, 0) is 14.8 Å². The van der Waals surface area contributed by atoms with Gasteiger partial charge in [0.2, 0.25) is 10.0 Å². The highest BCUT2D eigenvalue weighted by Crippen LogP contribution is 2.24. The molecule has 1 atom stereocenters. The van der Waals surface area contributed by atoms with Gasteiger partial charge in [0.1, 0.15) is 0 Å². The number of benzene rings is 1. The van der Waals surface area contributed by atoms with Crippen molar-refractivity contribution in [3.63, 3.8) is 0 Å². The zero-order valence-corrected chi connectivity index (χ0v) is 23.2.